The van der Waals surface area contributed by atoms with Gasteiger partial charge in [-0.2, -0.15) is 18.3 Å². The Balaban J connectivity index is 1.68. The molecule has 1 aromatic heterocycles. The van der Waals surface area contributed by atoms with Crippen LogP contribution in [0.1, 0.15) is 47.4 Å². The van der Waals surface area contributed by atoms with Crippen molar-refractivity contribution in [3.8, 4) is 0 Å². The fourth-order valence-corrected chi connectivity index (χ4v) is 5.33. The number of nitrogens with zero attached hydrogens (tertiary/aromatic N) is 2. The maximum absolute atomic E-state index is 15.4. The second-order valence-electron chi connectivity index (χ2n) is 7.49. The lowest BCUT2D eigenvalue weighted by Crippen LogP contribution is -2.45. The predicted octanol–water partition coefficient (Wildman–Crippen LogP) is 3.56. The van der Waals surface area contributed by atoms with Crippen molar-refractivity contribution in [3.05, 3.63) is 47.3 Å². The highest BCUT2D eigenvalue weighted by Crippen LogP contribution is 2.40. The van der Waals surface area contributed by atoms with Crippen LogP contribution in [-0.4, -0.2) is 35.1 Å². The number of benzene rings is 1. The molecule has 1 N–H and O–H groups in total. The zero-order valence-corrected chi connectivity index (χ0v) is 17.1. The summed E-state index contributed by atoms with van der Waals surface area (Å²) in [7, 11) is -3.01. The molecule has 0 atom stereocenters. The highest BCUT2D eigenvalue weighted by Gasteiger charge is 2.48. The van der Waals surface area contributed by atoms with E-state index in [-0.39, 0.29) is 36.3 Å². The highest BCUT2D eigenvalue weighted by atomic mass is 32.2. The average molecular weight is 447 g/mol. The number of nitrogens with one attached hydrogen (secondary N) is 1. The number of halogens is 4. The van der Waals surface area contributed by atoms with Crippen LogP contribution < -0.4 is 5.32 Å². The van der Waals surface area contributed by atoms with Gasteiger partial charge >= 0.3 is 6.18 Å². The van der Waals surface area contributed by atoms with E-state index in [0.717, 1.165) is 4.68 Å². The van der Waals surface area contributed by atoms with Crippen molar-refractivity contribution in [2.75, 3.05) is 0 Å². The lowest BCUT2D eigenvalue weighted by Gasteiger charge is -2.33. The van der Waals surface area contributed by atoms with E-state index in [9.17, 15) is 26.4 Å². The number of hydrogen-bond acceptors (Lipinski definition) is 4. The smallest absolute Gasteiger partial charge is 0.348 e. The Labute approximate surface area is 171 Å². The van der Waals surface area contributed by atoms with Crippen molar-refractivity contribution in [2.24, 2.45) is 7.05 Å². The molecule has 0 spiro atoms. The molecule has 0 bridgehead atoms. The van der Waals surface area contributed by atoms with Crippen molar-refractivity contribution in [2.45, 2.75) is 54.7 Å². The van der Waals surface area contributed by atoms with Crippen LogP contribution in [0.3, 0.4) is 0 Å². The van der Waals surface area contributed by atoms with Gasteiger partial charge < -0.3 is 5.32 Å². The van der Waals surface area contributed by atoms with Crippen LogP contribution in [0.15, 0.2) is 35.2 Å². The van der Waals surface area contributed by atoms with Crippen molar-refractivity contribution in [3.63, 3.8) is 0 Å². The standard InChI is InChI=1S/C19H21F4N3O3S/c1-12-4-3-5-14(10-12)30(28,29)18(20)8-6-13(7-9-18)24-17(27)15-11-16(19(21,22)23)25-26(15)2/h3-5,10-11,13H,6-9H2,1-2H3,(H,24,27)/t13-,18-. The molecule has 11 heteroatoms. The molecule has 0 saturated heterocycles. The molecular weight excluding hydrogens is 426 g/mol. The van der Waals surface area contributed by atoms with Gasteiger partial charge in [-0.15, -0.1) is 0 Å². The van der Waals surface area contributed by atoms with Gasteiger partial charge in [0, 0.05) is 19.2 Å². The summed E-state index contributed by atoms with van der Waals surface area (Å²) < 4.78 is 80.0. The molecule has 1 aliphatic rings. The molecule has 1 aromatic carbocycles. The molecular formula is C19H21F4N3O3S. The first-order valence-electron chi connectivity index (χ1n) is 9.26. The monoisotopic (exact) mass is 447 g/mol. The highest BCUT2D eigenvalue weighted by molar-refractivity contribution is 7.92. The van der Waals surface area contributed by atoms with Gasteiger partial charge in [-0.1, -0.05) is 12.1 Å². The topological polar surface area (TPSA) is 81.1 Å². The van der Waals surface area contributed by atoms with E-state index in [2.05, 4.69) is 10.4 Å². The number of sulfone groups is 1. The zero-order valence-electron chi connectivity index (χ0n) is 16.3. The predicted molar refractivity (Wildman–Crippen MR) is 100 cm³/mol. The van der Waals surface area contributed by atoms with Crippen LogP contribution >= 0.6 is 0 Å². The van der Waals surface area contributed by atoms with Gasteiger partial charge in [0.05, 0.1) is 4.90 Å². The molecule has 6 nitrogen and oxygen atoms in total. The summed E-state index contributed by atoms with van der Waals surface area (Å²) in [5.74, 6) is -0.779. The van der Waals surface area contributed by atoms with E-state index in [1.165, 1.54) is 19.2 Å². The number of rotatable bonds is 4. The molecule has 1 aliphatic carbocycles. The molecule has 164 valence electrons. The molecule has 1 amide bonds. The van der Waals surface area contributed by atoms with Crippen LogP contribution in [0.25, 0.3) is 0 Å². The Bertz CT molecular complexity index is 1060. The van der Waals surface area contributed by atoms with Crippen LogP contribution in [0, 0.1) is 6.92 Å². The number of aromatic nitrogens is 2. The molecule has 1 heterocycles. The average Bonchev–Trinajstić information content (AvgIpc) is 3.06. The molecule has 0 unspecified atom stereocenters. The van der Waals surface area contributed by atoms with Crippen LogP contribution in [0.4, 0.5) is 17.6 Å². The number of alkyl halides is 4. The number of amides is 1. The van der Waals surface area contributed by atoms with E-state index < -0.39 is 38.7 Å². The summed E-state index contributed by atoms with van der Waals surface area (Å²) >= 11 is 0. The van der Waals surface area contributed by atoms with Gasteiger partial charge in [-0.25, -0.2) is 12.8 Å². The Morgan fingerprint density at radius 1 is 1.23 bits per heavy atom. The number of aryl methyl sites for hydroxylation is 2. The maximum atomic E-state index is 15.4. The van der Waals surface area contributed by atoms with Gasteiger partial charge in [0.1, 0.15) is 5.69 Å². The minimum atomic E-state index is -4.68. The Morgan fingerprint density at radius 3 is 2.40 bits per heavy atom. The maximum Gasteiger partial charge on any atom is 0.435 e. The quantitative estimate of drug-likeness (QED) is 0.727. The minimum absolute atomic E-state index is 0.0390. The summed E-state index contributed by atoms with van der Waals surface area (Å²) in [6, 6.07) is 6.08. The van der Waals surface area contributed by atoms with Gasteiger partial charge in [-0.3, -0.25) is 9.48 Å². The first-order chi connectivity index (χ1) is 13.8. The number of carbonyl (C=O) groups excluding carboxylic acids is 1. The zero-order chi connectivity index (χ0) is 22.3. The third kappa shape index (κ3) is 4.21. The third-order valence-electron chi connectivity index (χ3n) is 5.25. The van der Waals surface area contributed by atoms with Crippen molar-refractivity contribution < 1.29 is 30.8 Å². The summed E-state index contributed by atoms with van der Waals surface area (Å²) in [6.07, 6.45) is -5.26. The Morgan fingerprint density at radius 2 is 1.87 bits per heavy atom. The largest absolute Gasteiger partial charge is 0.435 e. The molecule has 2 aromatic rings. The van der Waals surface area contributed by atoms with Crippen molar-refractivity contribution in [1.82, 2.24) is 15.1 Å². The van der Waals surface area contributed by atoms with E-state index in [4.69, 9.17) is 0 Å². The summed E-state index contributed by atoms with van der Waals surface area (Å²) in [4.78, 5) is 12.2. The Hall–Kier alpha value is -2.43. The lowest BCUT2D eigenvalue weighted by atomic mass is 9.93. The second-order valence-corrected chi connectivity index (χ2v) is 9.70. The van der Waals surface area contributed by atoms with Gasteiger partial charge in [0.2, 0.25) is 14.8 Å². The summed E-state index contributed by atoms with van der Waals surface area (Å²) in [5, 5.41) is 3.37. The van der Waals surface area contributed by atoms with E-state index in [0.29, 0.717) is 11.6 Å². The molecule has 0 radical (unpaired) electrons. The molecule has 30 heavy (non-hydrogen) atoms. The van der Waals surface area contributed by atoms with E-state index in [1.807, 2.05) is 0 Å². The Kier molecular flexibility index (Phi) is 5.70. The van der Waals surface area contributed by atoms with Gasteiger partial charge in [0.25, 0.3) is 5.91 Å². The van der Waals surface area contributed by atoms with Crippen LogP contribution in [0.5, 0.6) is 0 Å². The van der Waals surface area contributed by atoms with Gasteiger partial charge in [0.15, 0.2) is 5.69 Å². The lowest BCUT2D eigenvalue weighted by molar-refractivity contribution is -0.141. The van der Waals surface area contributed by atoms with E-state index >= 15 is 4.39 Å². The van der Waals surface area contributed by atoms with Crippen LogP contribution in [-0.2, 0) is 23.1 Å². The fourth-order valence-electron chi connectivity index (χ4n) is 3.53. The summed E-state index contributed by atoms with van der Waals surface area (Å²) in [5.41, 5.74) is -0.785. The van der Waals surface area contributed by atoms with Crippen LogP contribution in [0.2, 0.25) is 0 Å². The van der Waals surface area contributed by atoms with Gasteiger partial charge in [-0.05, 0) is 50.3 Å². The van der Waals surface area contributed by atoms with Crippen molar-refractivity contribution >= 4 is 15.7 Å². The fraction of sp³-hybridized carbons (Fsp3) is 0.474. The molecule has 1 saturated carbocycles. The van der Waals surface area contributed by atoms with Crippen molar-refractivity contribution in [1.29, 1.82) is 0 Å². The molecule has 3 rings (SSSR count). The second kappa shape index (κ2) is 7.68. The SMILES string of the molecule is Cc1cccc(S(=O)(=O)[C@]2(F)CC[C@@H](NC(=O)c3cc(C(F)(F)F)nn3C)CC2)c1. The first-order valence-corrected chi connectivity index (χ1v) is 10.7. The normalized spacial score (nSPS) is 22.7. The van der Waals surface area contributed by atoms with E-state index in [1.54, 1.807) is 19.1 Å². The molecule has 1 fully saturated rings. The number of hydrogen-bond donors (Lipinski definition) is 1. The summed E-state index contributed by atoms with van der Waals surface area (Å²) in [6.45, 7) is 1.71. The minimum Gasteiger partial charge on any atom is -0.348 e. The number of carbonyl (C=O) groups is 1. The third-order valence-corrected chi connectivity index (χ3v) is 7.50. The molecule has 0 aliphatic heterocycles. The first kappa shape index (κ1) is 22.3.